The molecule has 2 rings (SSSR count). The number of imidazole rings is 1. The molecule has 0 bridgehead atoms. The minimum absolute atomic E-state index is 0.388. The van der Waals surface area contributed by atoms with Gasteiger partial charge < -0.3 is 4.57 Å². The van der Waals surface area contributed by atoms with E-state index in [4.69, 9.17) is 5.53 Å². The summed E-state index contributed by atoms with van der Waals surface area (Å²) in [6.07, 6.45) is 1.72. The lowest BCUT2D eigenvalue weighted by molar-refractivity contribution is 0.974. The maximum Gasteiger partial charge on any atom is 0.145 e. The largest absolute Gasteiger partial charge is 0.304 e. The molecule has 0 saturated heterocycles. The highest BCUT2D eigenvalue weighted by Gasteiger charge is 2.04. The highest BCUT2D eigenvalue weighted by molar-refractivity contribution is 14.1. The van der Waals surface area contributed by atoms with Gasteiger partial charge in [0, 0.05) is 20.4 Å². The summed E-state index contributed by atoms with van der Waals surface area (Å²) in [6, 6.07) is 8.03. The van der Waals surface area contributed by atoms with Crippen molar-refractivity contribution in [1.29, 1.82) is 0 Å². The minimum atomic E-state index is 0.388. The molecule has 0 aliphatic heterocycles. The Bertz CT molecular complexity index is 551. The number of hydrogen-bond acceptors (Lipinski definition) is 2. The Morgan fingerprint density at radius 2 is 2.06 bits per heavy atom. The first-order chi connectivity index (χ1) is 7.70. The standard InChI is InChI=1S/C10H8IN5/c1-7-13-10(14-15-12)6-16(7)9-4-2-8(11)3-5-9/h2-6H,1H3. The Hall–Kier alpha value is -1.53. The monoisotopic (exact) mass is 325 g/mol. The van der Waals surface area contributed by atoms with Crippen LogP contribution in [0.3, 0.4) is 0 Å². The number of aromatic nitrogens is 2. The Balaban J connectivity index is 2.47. The highest BCUT2D eigenvalue weighted by atomic mass is 127. The number of rotatable bonds is 2. The zero-order chi connectivity index (χ0) is 11.5. The summed E-state index contributed by atoms with van der Waals surface area (Å²) in [5.74, 6) is 1.18. The maximum atomic E-state index is 8.33. The molecule has 1 aromatic heterocycles. The van der Waals surface area contributed by atoms with Gasteiger partial charge in [0.15, 0.2) is 0 Å². The number of benzene rings is 1. The molecular formula is C10H8IN5. The quantitative estimate of drug-likeness (QED) is 0.359. The number of azide groups is 1. The molecule has 0 saturated carbocycles. The maximum absolute atomic E-state index is 8.33. The average molecular weight is 325 g/mol. The van der Waals surface area contributed by atoms with Crippen molar-refractivity contribution in [2.24, 2.45) is 5.11 Å². The third-order valence-electron chi connectivity index (χ3n) is 2.12. The third-order valence-corrected chi connectivity index (χ3v) is 2.84. The Morgan fingerprint density at radius 1 is 1.38 bits per heavy atom. The molecule has 1 aromatic carbocycles. The molecule has 0 spiro atoms. The van der Waals surface area contributed by atoms with Crippen molar-refractivity contribution in [3.8, 4) is 5.69 Å². The van der Waals surface area contributed by atoms with Crippen molar-refractivity contribution >= 4 is 28.4 Å². The number of halogens is 1. The number of hydrogen-bond donors (Lipinski definition) is 0. The van der Waals surface area contributed by atoms with E-state index in [1.165, 1.54) is 3.57 Å². The molecule has 16 heavy (non-hydrogen) atoms. The second kappa shape index (κ2) is 4.54. The van der Waals surface area contributed by atoms with E-state index in [0.29, 0.717) is 5.82 Å². The first-order valence-corrected chi connectivity index (χ1v) is 5.65. The molecule has 0 radical (unpaired) electrons. The summed E-state index contributed by atoms with van der Waals surface area (Å²) in [5.41, 5.74) is 9.34. The first-order valence-electron chi connectivity index (χ1n) is 4.58. The van der Waals surface area contributed by atoms with Crippen molar-refractivity contribution in [2.75, 3.05) is 0 Å². The Kier molecular flexibility index (Phi) is 3.12. The van der Waals surface area contributed by atoms with Crippen molar-refractivity contribution in [1.82, 2.24) is 9.55 Å². The zero-order valence-electron chi connectivity index (χ0n) is 8.50. The van der Waals surface area contributed by atoms with Gasteiger partial charge in [0.05, 0.1) is 0 Å². The Labute approximate surface area is 106 Å². The van der Waals surface area contributed by atoms with E-state index in [1.807, 2.05) is 35.8 Å². The normalized spacial score (nSPS) is 9.88. The topological polar surface area (TPSA) is 66.6 Å². The fraction of sp³-hybridized carbons (Fsp3) is 0.100. The fourth-order valence-electron chi connectivity index (χ4n) is 1.41. The van der Waals surface area contributed by atoms with Crippen LogP contribution >= 0.6 is 22.6 Å². The van der Waals surface area contributed by atoms with Gasteiger partial charge in [0.1, 0.15) is 11.6 Å². The molecule has 2 aromatic rings. The lowest BCUT2D eigenvalue weighted by Crippen LogP contribution is -1.94. The van der Waals surface area contributed by atoms with E-state index in [1.54, 1.807) is 6.20 Å². The molecule has 0 N–H and O–H groups in total. The van der Waals surface area contributed by atoms with Crippen LogP contribution in [-0.4, -0.2) is 9.55 Å². The van der Waals surface area contributed by atoms with Gasteiger partial charge in [0.2, 0.25) is 0 Å². The van der Waals surface area contributed by atoms with Crippen molar-refractivity contribution in [3.05, 3.63) is 50.3 Å². The van der Waals surface area contributed by atoms with Gasteiger partial charge >= 0.3 is 0 Å². The smallest absolute Gasteiger partial charge is 0.145 e. The van der Waals surface area contributed by atoms with Gasteiger partial charge in [-0.05, 0) is 64.4 Å². The second-order valence-corrected chi connectivity index (χ2v) is 4.43. The van der Waals surface area contributed by atoms with Gasteiger partial charge in [-0.15, -0.1) is 0 Å². The second-order valence-electron chi connectivity index (χ2n) is 3.18. The SMILES string of the molecule is Cc1nc(N=[N+]=[N-])cn1-c1ccc(I)cc1. The molecule has 80 valence electrons. The van der Waals surface area contributed by atoms with Crippen LogP contribution in [0.5, 0.6) is 0 Å². The molecule has 0 amide bonds. The molecule has 0 unspecified atom stereocenters. The van der Waals surface area contributed by atoms with E-state index in [0.717, 1.165) is 11.5 Å². The van der Waals surface area contributed by atoms with Crippen LogP contribution in [0.1, 0.15) is 5.82 Å². The molecule has 1 heterocycles. The predicted molar refractivity (Wildman–Crippen MR) is 69.8 cm³/mol. The molecule has 0 fully saturated rings. The Morgan fingerprint density at radius 3 is 2.69 bits per heavy atom. The van der Waals surface area contributed by atoms with Crippen LogP contribution in [-0.2, 0) is 0 Å². The highest BCUT2D eigenvalue weighted by Crippen LogP contribution is 2.18. The van der Waals surface area contributed by atoms with Crippen LogP contribution in [0.4, 0.5) is 5.82 Å². The van der Waals surface area contributed by atoms with Gasteiger partial charge in [-0.3, -0.25) is 0 Å². The van der Waals surface area contributed by atoms with Gasteiger partial charge in [0.25, 0.3) is 0 Å². The third kappa shape index (κ3) is 2.17. The molecule has 0 aliphatic rings. The van der Waals surface area contributed by atoms with E-state index in [9.17, 15) is 0 Å². The fourth-order valence-corrected chi connectivity index (χ4v) is 1.77. The van der Waals surface area contributed by atoms with E-state index < -0.39 is 0 Å². The van der Waals surface area contributed by atoms with E-state index in [2.05, 4.69) is 37.6 Å². The van der Waals surface area contributed by atoms with Crippen LogP contribution in [0, 0.1) is 10.5 Å². The summed E-state index contributed by atoms with van der Waals surface area (Å²) in [4.78, 5) is 6.86. The minimum Gasteiger partial charge on any atom is -0.304 e. The van der Waals surface area contributed by atoms with Crippen LogP contribution in [0.15, 0.2) is 35.6 Å². The van der Waals surface area contributed by atoms with Crippen LogP contribution in [0.25, 0.3) is 16.1 Å². The van der Waals surface area contributed by atoms with Gasteiger partial charge in [-0.2, -0.15) is 0 Å². The van der Waals surface area contributed by atoms with E-state index in [-0.39, 0.29) is 0 Å². The number of aryl methyl sites for hydroxylation is 1. The van der Waals surface area contributed by atoms with Gasteiger partial charge in [-0.25, -0.2) is 4.98 Å². The lowest BCUT2D eigenvalue weighted by Gasteiger charge is -2.03. The van der Waals surface area contributed by atoms with Gasteiger partial charge in [-0.1, -0.05) is 0 Å². The van der Waals surface area contributed by atoms with E-state index >= 15 is 0 Å². The van der Waals surface area contributed by atoms with Crippen LogP contribution < -0.4 is 0 Å². The van der Waals surface area contributed by atoms with Crippen molar-refractivity contribution < 1.29 is 0 Å². The predicted octanol–water partition coefficient (Wildman–Crippen LogP) is 3.73. The van der Waals surface area contributed by atoms with Crippen LogP contribution in [0.2, 0.25) is 0 Å². The number of nitrogens with zero attached hydrogens (tertiary/aromatic N) is 5. The molecular weight excluding hydrogens is 317 g/mol. The molecule has 6 heteroatoms. The molecule has 0 atom stereocenters. The lowest BCUT2D eigenvalue weighted by atomic mass is 10.3. The van der Waals surface area contributed by atoms with Crippen molar-refractivity contribution in [2.45, 2.75) is 6.92 Å². The summed E-state index contributed by atoms with van der Waals surface area (Å²) >= 11 is 2.25. The zero-order valence-corrected chi connectivity index (χ0v) is 10.7. The first kappa shape index (κ1) is 11.0. The summed E-state index contributed by atoms with van der Waals surface area (Å²) in [6.45, 7) is 1.87. The summed E-state index contributed by atoms with van der Waals surface area (Å²) in [7, 11) is 0. The van der Waals surface area contributed by atoms with Crippen molar-refractivity contribution in [3.63, 3.8) is 0 Å². The molecule has 0 aliphatic carbocycles. The molecule has 5 nitrogen and oxygen atoms in total. The summed E-state index contributed by atoms with van der Waals surface area (Å²) < 4.78 is 3.06. The average Bonchev–Trinajstić information content (AvgIpc) is 2.61. The summed E-state index contributed by atoms with van der Waals surface area (Å²) in [5, 5.41) is 3.48.